The van der Waals surface area contributed by atoms with Crippen LogP contribution in [0.15, 0.2) is 12.5 Å². The third kappa shape index (κ3) is 0.827. The van der Waals surface area contributed by atoms with Crippen LogP contribution >= 0.6 is 0 Å². The molecule has 0 saturated heterocycles. The van der Waals surface area contributed by atoms with Crippen LogP contribution in [0.1, 0.15) is 18.0 Å². The van der Waals surface area contributed by atoms with Crippen LogP contribution in [-0.2, 0) is 0 Å². The standard InChI is InChI=1S/C7H10N2O/c10-3-5-1-6(5)7-2-8-4-9-7/h2,4-6,10H,1,3H2,(H,8,9)/t5-,6+/m1/s1. The van der Waals surface area contributed by atoms with Crippen LogP contribution in [0.2, 0.25) is 0 Å². The lowest BCUT2D eigenvalue weighted by atomic mass is 10.2. The van der Waals surface area contributed by atoms with Crippen molar-refractivity contribution in [1.82, 2.24) is 9.97 Å². The second-order valence-corrected chi connectivity index (χ2v) is 2.79. The third-order valence-electron chi connectivity index (χ3n) is 2.08. The lowest BCUT2D eigenvalue weighted by Gasteiger charge is -1.89. The fourth-order valence-corrected chi connectivity index (χ4v) is 1.30. The number of H-pyrrole nitrogens is 1. The average Bonchev–Trinajstić information content (AvgIpc) is 2.56. The summed E-state index contributed by atoms with van der Waals surface area (Å²) in [5.41, 5.74) is 1.17. The van der Waals surface area contributed by atoms with Gasteiger partial charge in [0.1, 0.15) is 0 Å². The van der Waals surface area contributed by atoms with Gasteiger partial charge in [-0.1, -0.05) is 0 Å². The number of hydrogen-bond acceptors (Lipinski definition) is 2. The monoisotopic (exact) mass is 138 g/mol. The van der Waals surface area contributed by atoms with Gasteiger partial charge in [-0.15, -0.1) is 0 Å². The molecule has 2 rings (SSSR count). The molecular formula is C7H10N2O. The topological polar surface area (TPSA) is 48.9 Å². The Balaban J connectivity index is 2.05. The summed E-state index contributed by atoms with van der Waals surface area (Å²) in [7, 11) is 0. The third-order valence-corrected chi connectivity index (χ3v) is 2.08. The van der Waals surface area contributed by atoms with Gasteiger partial charge in [-0.25, -0.2) is 4.98 Å². The van der Waals surface area contributed by atoms with E-state index in [1.165, 1.54) is 5.69 Å². The molecule has 0 aliphatic heterocycles. The number of nitrogens with one attached hydrogen (secondary N) is 1. The van der Waals surface area contributed by atoms with Crippen molar-refractivity contribution < 1.29 is 5.11 Å². The number of aliphatic hydroxyl groups is 1. The van der Waals surface area contributed by atoms with Crippen LogP contribution in [0.5, 0.6) is 0 Å². The largest absolute Gasteiger partial charge is 0.396 e. The minimum absolute atomic E-state index is 0.309. The highest BCUT2D eigenvalue weighted by molar-refractivity contribution is 5.14. The van der Waals surface area contributed by atoms with Crippen molar-refractivity contribution in [1.29, 1.82) is 0 Å². The van der Waals surface area contributed by atoms with Crippen LogP contribution < -0.4 is 0 Å². The molecule has 0 radical (unpaired) electrons. The molecule has 0 spiro atoms. The lowest BCUT2D eigenvalue weighted by molar-refractivity contribution is 0.273. The van der Waals surface area contributed by atoms with Crippen molar-refractivity contribution >= 4 is 0 Å². The summed E-state index contributed by atoms with van der Waals surface area (Å²) in [6.45, 7) is 0.309. The molecule has 54 valence electrons. The summed E-state index contributed by atoms with van der Waals surface area (Å²) in [4.78, 5) is 6.96. The summed E-state index contributed by atoms with van der Waals surface area (Å²) >= 11 is 0. The molecule has 2 N–H and O–H groups in total. The lowest BCUT2D eigenvalue weighted by Crippen LogP contribution is -1.87. The molecule has 1 saturated carbocycles. The highest BCUT2D eigenvalue weighted by Gasteiger charge is 2.38. The molecule has 1 aliphatic carbocycles. The van der Waals surface area contributed by atoms with Crippen molar-refractivity contribution in [3.8, 4) is 0 Å². The zero-order valence-corrected chi connectivity index (χ0v) is 5.62. The second kappa shape index (κ2) is 2.09. The van der Waals surface area contributed by atoms with Crippen LogP contribution in [0.25, 0.3) is 0 Å². The Morgan fingerprint density at radius 1 is 1.80 bits per heavy atom. The highest BCUT2D eigenvalue weighted by Crippen LogP contribution is 2.45. The van der Waals surface area contributed by atoms with Crippen LogP contribution in [0, 0.1) is 5.92 Å². The number of aliphatic hydroxyl groups excluding tert-OH is 1. The summed E-state index contributed by atoms with van der Waals surface area (Å²) in [5.74, 6) is 1.04. The van der Waals surface area contributed by atoms with Crippen molar-refractivity contribution in [3.05, 3.63) is 18.2 Å². The predicted octanol–water partition coefficient (Wildman–Crippen LogP) is 0.505. The van der Waals surface area contributed by atoms with E-state index in [0.717, 1.165) is 6.42 Å². The molecule has 0 bridgehead atoms. The van der Waals surface area contributed by atoms with E-state index < -0.39 is 0 Å². The van der Waals surface area contributed by atoms with Crippen molar-refractivity contribution in [2.24, 2.45) is 5.92 Å². The van der Waals surface area contributed by atoms with E-state index >= 15 is 0 Å². The first-order chi connectivity index (χ1) is 4.92. The minimum atomic E-state index is 0.309. The maximum absolute atomic E-state index is 8.74. The van der Waals surface area contributed by atoms with Gasteiger partial charge < -0.3 is 10.1 Å². The van der Waals surface area contributed by atoms with E-state index in [0.29, 0.717) is 18.4 Å². The quantitative estimate of drug-likeness (QED) is 0.625. The molecular weight excluding hydrogens is 128 g/mol. The van der Waals surface area contributed by atoms with Gasteiger partial charge in [0.15, 0.2) is 0 Å². The first-order valence-electron chi connectivity index (χ1n) is 3.51. The predicted molar refractivity (Wildman–Crippen MR) is 36.5 cm³/mol. The van der Waals surface area contributed by atoms with Gasteiger partial charge in [-0.05, 0) is 12.3 Å². The number of nitrogens with zero attached hydrogens (tertiary/aromatic N) is 1. The zero-order valence-electron chi connectivity index (χ0n) is 5.62. The van der Waals surface area contributed by atoms with E-state index in [4.69, 9.17) is 5.11 Å². The summed E-state index contributed by atoms with van der Waals surface area (Å²) in [5, 5.41) is 8.74. The molecule has 1 aromatic heterocycles. The number of aromatic nitrogens is 2. The van der Waals surface area contributed by atoms with E-state index in [-0.39, 0.29) is 0 Å². The Bertz CT molecular complexity index is 207. The Hall–Kier alpha value is -0.830. The van der Waals surface area contributed by atoms with Gasteiger partial charge in [0.05, 0.1) is 6.33 Å². The molecule has 3 nitrogen and oxygen atoms in total. The highest BCUT2D eigenvalue weighted by atomic mass is 16.3. The molecule has 0 unspecified atom stereocenters. The molecule has 1 heterocycles. The molecule has 1 fully saturated rings. The van der Waals surface area contributed by atoms with Gasteiger partial charge in [0.25, 0.3) is 0 Å². The minimum Gasteiger partial charge on any atom is -0.396 e. The Morgan fingerprint density at radius 2 is 2.70 bits per heavy atom. The van der Waals surface area contributed by atoms with E-state index in [1.807, 2.05) is 6.20 Å². The van der Waals surface area contributed by atoms with Crippen molar-refractivity contribution in [3.63, 3.8) is 0 Å². The summed E-state index contributed by atoms with van der Waals surface area (Å²) in [6, 6.07) is 0. The van der Waals surface area contributed by atoms with Gasteiger partial charge in [0, 0.05) is 24.4 Å². The Kier molecular flexibility index (Phi) is 1.24. The van der Waals surface area contributed by atoms with E-state index in [2.05, 4.69) is 9.97 Å². The van der Waals surface area contributed by atoms with Crippen LogP contribution in [0.4, 0.5) is 0 Å². The van der Waals surface area contributed by atoms with Crippen molar-refractivity contribution in [2.45, 2.75) is 12.3 Å². The first-order valence-corrected chi connectivity index (χ1v) is 3.51. The van der Waals surface area contributed by atoms with Gasteiger partial charge in [-0.2, -0.15) is 0 Å². The van der Waals surface area contributed by atoms with Crippen LogP contribution in [-0.4, -0.2) is 21.7 Å². The molecule has 0 amide bonds. The molecule has 1 aliphatic rings. The molecule has 1 aromatic rings. The Morgan fingerprint density at radius 3 is 3.20 bits per heavy atom. The zero-order chi connectivity index (χ0) is 6.97. The molecule has 10 heavy (non-hydrogen) atoms. The smallest absolute Gasteiger partial charge is 0.0921 e. The maximum atomic E-state index is 8.74. The second-order valence-electron chi connectivity index (χ2n) is 2.79. The van der Waals surface area contributed by atoms with E-state index in [1.54, 1.807) is 6.33 Å². The molecule has 3 heteroatoms. The molecule has 0 aromatic carbocycles. The van der Waals surface area contributed by atoms with E-state index in [9.17, 15) is 0 Å². The number of hydrogen-bond donors (Lipinski definition) is 2. The fraction of sp³-hybridized carbons (Fsp3) is 0.571. The van der Waals surface area contributed by atoms with Gasteiger partial charge >= 0.3 is 0 Å². The van der Waals surface area contributed by atoms with Gasteiger partial charge in [-0.3, -0.25) is 0 Å². The maximum Gasteiger partial charge on any atom is 0.0921 e. The van der Waals surface area contributed by atoms with Crippen LogP contribution in [0.3, 0.4) is 0 Å². The number of rotatable bonds is 2. The fourth-order valence-electron chi connectivity index (χ4n) is 1.30. The first kappa shape index (κ1) is 5.92. The average molecular weight is 138 g/mol. The SMILES string of the molecule is OC[C@H]1C[C@@H]1c1cnc[nH]1. The normalized spacial score (nSPS) is 30.5. The van der Waals surface area contributed by atoms with Crippen molar-refractivity contribution in [2.75, 3.05) is 6.61 Å². The number of imidazole rings is 1. The molecule has 2 atom stereocenters. The summed E-state index contributed by atoms with van der Waals surface area (Å²) < 4.78 is 0. The summed E-state index contributed by atoms with van der Waals surface area (Å²) in [6.07, 6.45) is 4.63. The number of aromatic amines is 1. The van der Waals surface area contributed by atoms with Gasteiger partial charge in [0.2, 0.25) is 0 Å². The Labute approximate surface area is 59.1 Å².